The van der Waals surface area contributed by atoms with Gasteiger partial charge in [0.2, 0.25) is 0 Å². The molecule has 1 aromatic rings. The number of thiophene rings is 1. The number of rotatable bonds is 3. The summed E-state index contributed by atoms with van der Waals surface area (Å²) in [6.45, 7) is 3.00. The van der Waals surface area contributed by atoms with Gasteiger partial charge in [-0.25, -0.2) is 0 Å². The molecule has 0 saturated carbocycles. The summed E-state index contributed by atoms with van der Waals surface area (Å²) in [5.74, 6) is 0. The Kier molecular flexibility index (Phi) is 3.60. The first-order valence-electron chi connectivity index (χ1n) is 5.00. The molecule has 1 aliphatic heterocycles. The quantitative estimate of drug-likeness (QED) is 0.918. The average Bonchev–Trinajstić information content (AvgIpc) is 2.74. The third kappa shape index (κ3) is 2.19. The largest absolute Gasteiger partial charge is 0.329 e. The molecular weight excluding hydrogens is 260 g/mol. The molecule has 0 aromatic carbocycles. The molecular formula is C10H15BrN2S. The minimum Gasteiger partial charge on any atom is -0.329 e. The van der Waals surface area contributed by atoms with E-state index in [4.69, 9.17) is 5.73 Å². The summed E-state index contributed by atoms with van der Waals surface area (Å²) in [5.41, 5.74) is 5.61. The molecule has 78 valence electrons. The Morgan fingerprint density at radius 2 is 2.43 bits per heavy atom. The maximum Gasteiger partial charge on any atom is 0.0701 e. The Bertz CT molecular complexity index is 300. The molecule has 0 radical (unpaired) electrons. The smallest absolute Gasteiger partial charge is 0.0701 e. The van der Waals surface area contributed by atoms with Crippen molar-refractivity contribution in [1.82, 2.24) is 4.90 Å². The Labute approximate surface area is 97.2 Å². The van der Waals surface area contributed by atoms with Gasteiger partial charge in [0.15, 0.2) is 0 Å². The first kappa shape index (κ1) is 10.6. The molecule has 2 rings (SSSR count). The van der Waals surface area contributed by atoms with Crippen LogP contribution >= 0.6 is 27.3 Å². The van der Waals surface area contributed by atoms with E-state index in [2.05, 4.69) is 33.0 Å². The van der Waals surface area contributed by atoms with E-state index in [1.165, 1.54) is 28.0 Å². The van der Waals surface area contributed by atoms with Gasteiger partial charge < -0.3 is 5.73 Å². The number of nitrogens with two attached hydrogens (primary N) is 1. The van der Waals surface area contributed by atoms with E-state index in [-0.39, 0.29) is 0 Å². The van der Waals surface area contributed by atoms with Crippen LogP contribution in [0.2, 0.25) is 0 Å². The van der Waals surface area contributed by atoms with Crippen LogP contribution in [0, 0.1) is 0 Å². The zero-order chi connectivity index (χ0) is 9.97. The zero-order valence-electron chi connectivity index (χ0n) is 8.08. The van der Waals surface area contributed by atoms with Crippen molar-refractivity contribution in [3.8, 4) is 0 Å². The molecule has 1 aliphatic rings. The third-order valence-corrected chi connectivity index (χ3v) is 4.43. The minimum atomic E-state index is 0.620. The number of halogens is 1. The van der Waals surface area contributed by atoms with Gasteiger partial charge in [-0.3, -0.25) is 4.90 Å². The second kappa shape index (κ2) is 4.75. The summed E-state index contributed by atoms with van der Waals surface area (Å²) in [7, 11) is 0. The van der Waals surface area contributed by atoms with Crippen molar-refractivity contribution in [2.75, 3.05) is 19.6 Å². The monoisotopic (exact) mass is 274 g/mol. The van der Waals surface area contributed by atoms with Crippen molar-refractivity contribution in [1.29, 1.82) is 0 Å². The Morgan fingerprint density at radius 3 is 3.07 bits per heavy atom. The van der Waals surface area contributed by atoms with Crippen LogP contribution < -0.4 is 5.73 Å². The lowest BCUT2D eigenvalue weighted by atomic mass is 10.2. The molecule has 4 heteroatoms. The second-order valence-corrected chi connectivity index (χ2v) is 6.12. The lowest BCUT2D eigenvalue weighted by molar-refractivity contribution is 0.268. The number of nitrogens with zero attached hydrogens (tertiary/aromatic N) is 1. The molecule has 2 heterocycles. The van der Waals surface area contributed by atoms with Gasteiger partial charge in [0, 0.05) is 24.0 Å². The molecule has 14 heavy (non-hydrogen) atoms. The van der Waals surface area contributed by atoms with E-state index in [9.17, 15) is 0 Å². The Hall–Kier alpha value is 0.1000. The first-order chi connectivity index (χ1) is 6.81. The summed E-state index contributed by atoms with van der Waals surface area (Å²) < 4.78 is 1.23. The van der Waals surface area contributed by atoms with E-state index >= 15 is 0 Å². The summed E-state index contributed by atoms with van der Waals surface area (Å²) in [6, 6.07) is 4.99. The molecule has 1 fully saturated rings. The fourth-order valence-corrected chi connectivity index (χ4v) is 3.68. The summed E-state index contributed by atoms with van der Waals surface area (Å²) >= 11 is 5.36. The lowest BCUT2D eigenvalue weighted by Crippen LogP contribution is -2.28. The van der Waals surface area contributed by atoms with Crippen molar-refractivity contribution in [3.63, 3.8) is 0 Å². The van der Waals surface area contributed by atoms with E-state index in [1.54, 1.807) is 0 Å². The van der Waals surface area contributed by atoms with Gasteiger partial charge in [-0.1, -0.05) is 0 Å². The third-order valence-electron chi connectivity index (χ3n) is 2.70. The zero-order valence-corrected chi connectivity index (χ0v) is 10.5. The topological polar surface area (TPSA) is 29.3 Å². The van der Waals surface area contributed by atoms with Crippen LogP contribution in [-0.4, -0.2) is 24.5 Å². The van der Waals surface area contributed by atoms with Crippen LogP contribution in [0.5, 0.6) is 0 Å². The average molecular weight is 275 g/mol. The standard InChI is InChI=1S/C10H15BrN2S/c11-10-4-3-9(14-10)8-2-1-6-13(8)7-5-12/h3-4,8H,1-2,5-7,12H2. The predicted molar refractivity (Wildman–Crippen MR) is 64.6 cm³/mol. The van der Waals surface area contributed by atoms with E-state index in [1.807, 2.05) is 11.3 Å². The fraction of sp³-hybridized carbons (Fsp3) is 0.600. The molecule has 1 unspecified atom stereocenters. The van der Waals surface area contributed by atoms with Gasteiger partial charge >= 0.3 is 0 Å². The van der Waals surface area contributed by atoms with Gasteiger partial charge in [-0.05, 0) is 47.4 Å². The molecule has 2 nitrogen and oxygen atoms in total. The first-order valence-corrected chi connectivity index (χ1v) is 6.61. The summed E-state index contributed by atoms with van der Waals surface area (Å²) in [5, 5.41) is 0. The van der Waals surface area contributed by atoms with Gasteiger partial charge in [0.25, 0.3) is 0 Å². The van der Waals surface area contributed by atoms with E-state index in [0.717, 1.165) is 13.1 Å². The highest BCUT2D eigenvalue weighted by atomic mass is 79.9. The molecule has 2 N–H and O–H groups in total. The highest BCUT2D eigenvalue weighted by molar-refractivity contribution is 9.11. The van der Waals surface area contributed by atoms with Crippen molar-refractivity contribution < 1.29 is 0 Å². The van der Waals surface area contributed by atoms with Gasteiger partial charge in [0.1, 0.15) is 0 Å². The van der Waals surface area contributed by atoms with Gasteiger partial charge in [0.05, 0.1) is 3.79 Å². The molecule has 0 aliphatic carbocycles. The number of hydrogen-bond acceptors (Lipinski definition) is 3. The van der Waals surface area contributed by atoms with Crippen molar-refractivity contribution in [2.24, 2.45) is 5.73 Å². The van der Waals surface area contributed by atoms with E-state index in [0.29, 0.717) is 6.04 Å². The Balaban J connectivity index is 2.09. The fourth-order valence-electron chi connectivity index (χ4n) is 2.09. The number of hydrogen-bond donors (Lipinski definition) is 1. The van der Waals surface area contributed by atoms with Crippen LogP contribution in [0.1, 0.15) is 23.8 Å². The molecule has 1 saturated heterocycles. The predicted octanol–water partition coefficient (Wildman–Crippen LogP) is 2.61. The minimum absolute atomic E-state index is 0.620. The van der Waals surface area contributed by atoms with Gasteiger partial charge in [-0.15, -0.1) is 11.3 Å². The molecule has 0 spiro atoms. The highest BCUT2D eigenvalue weighted by Crippen LogP contribution is 2.36. The molecule has 0 amide bonds. The summed E-state index contributed by atoms with van der Waals surface area (Å²) in [4.78, 5) is 3.97. The highest BCUT2D eigenvalue weighted by Gasteiger charge is 2.26. The SMILES string of the molecule is NCCN1CCCC1c1ccc(Br)s1. The van der Waals surface area contributed by atoms with Crippen molar-refractivity contribution in [3.05, 3.63) is 20.8 Å². The van der Waals surface area contributed by atoms with Crippen molar-refractivity contribution in [2.45, 2.75) is 18.9 Å². The van der Waals surface area contributed by atoms with Crippen LogP contribution in [-0.2, 0) is 0 Å². The summed E-state index contributed by atoms with van der Waals surface area (Å²) in [6.07, 6.45) is 2.59. The normalized spacial score (nSPS) is 23.1. The van der Waals surface area contributed by atoms with E-state index < -0.39 is 0 Å². The Morgan fingerprint density at radius 1 is 1.57 bits per heavy atom. The van der Waals surface area contributed by atoms with Crippen LogP contribution in [0.25, 0.3) is 0 Å². The molecule has 1 aromatic heterocycles. The lowest BCUT2D eigenvalue weighted by Gasteiger charge is -2.22. The van der Waals surface area contributed by atoms with Gasteiger partial charge in [-0.2, -0.15) is 0 Å². The molecule has 1 atom stereocenters. The van der Waals surface area contributed by atoms with Crippen molar-refractivity contribution >= 4 is 27.3 Å². The number of likely N-dealkylation sites (tertiary alicyclic amines) is 1. The van der Waals surface area contributed by atoms with Crippen LogP contribution in [0.15, 0.2) is 15.9 Å². The van der Waals surface area contributed by atoms with Crippen LogP contribution in [0.3, 0.4) is 0 Å². The maximum absolute atomic E-state index is 5.61. The maximum atomic E-state index is 5.61. The molecule has 0 bridgehead atoms. The van der Waals surface area contributed by atoms with Crippen LogP contribution in [0.4, 0.5) is 0 Å². The second-order valence-electron chi connectivity index (χ2n) is 3.62.